The minimum absolute atomic E-state index is 0.768. The molecule has 0 atom stereocenters. The third kappa shape index (κ3) is 6.47. The normalized spacial score (nSPS) is 10.1. The lowest BCUT2D eigenvalue weighted by molar-refractivity contribution is 0.175. The van der Waals surface area contributed by atoms with E-state index in [4.69, 9.17) is 16.3 Å². The van der Waals surface area contributed by atoms with E-state index in [1.165, 1.54) is 0 Å². The summed E-state index contributed by atoms with van der Waals surface area (Å²) in [5.41, 5.74) is 0. The molecule has 0 N–H and O–H groups in total. The van der Waals surface area contributed by atoms with Crippen LogP contribution in [-0.2, 0) is 4.74 Å². The molecule has 0 aliphatic heterocycles. The SMILES string of the molecule is [SiH3]COCCCCCl. The van der Waals surface area contributed by atoms with Crippen molar-refractivity contribution in [3.8, 4) is 0 Å². The van der Waals surface area contributed by atoms with Gasteiger partial charge < -0.3 is 4.74 Å². The fourth-order valence-corrected chi connectivity index (χ4v) is 0.921. The average Bonchev–Trinajstić information content (AvgIpc) is 1.81. The van der Waals surface area contributed by atoms with Crippen LogP contribution in [0.5, 0.6) is 0 Å². The molecule has 0 saturated carbocycles. The molecule has 1 nitrogen and oxygen atoms in total. The molecule has 0 amide bonds. The lowest BCUT2D eigenvalue weighted by Gasteiger charge is -1.96. The maximum atomic E-state index is 5.43. The summed E-state index contributed by atoms with van der Waals surface area (Å²) >= 11 is 5.43. The van der Waals surface area contributed by atoms with Gasteiger partial charge in [-0.25, -0.2) is 0 Å². The van der Waals surface area contributed by atoms with E-state index in [2.05, 4.69) is 0 Å². The van der Waals surface area contributed by atoms with Crippen LogP contribution < -0.4 is 0 Å². The van der Waals surface area contributed by atoms with Gasteiger partial charge in [0.05, 0.1) is 0 Å². The minimum Gasteiger partial charge on any atom is -0.386 e. The van der Waals surface area contributed by atoms with Crippen LogP contribution in [0.1, 0.15) is 12.8 Å². The standard InChI is InChI=1S/C5H13ClOSi/c6-3-1-2-4-7-5-8/h1-5H2,8H3. The molecule has 0 spiro atoms. The Bertz CT molecular complexity index is 37.4. The third-order valence-corrected chi connectivity index (χ3v) is 1.55. The Morgan fingerprint density at radius 3 is 2.62 bits per heavy atom. The van der Waals surface area contributed by atoms with Gasteiger partial charge in [0.1, 0.15) is 0 Å². The Labute approximate surface area is 58.8 Å². The molecular formula is C5H13ClOSi. The van der Waals surface area contributed by atoms with Crippen LogP contribution in [0.3, 0.4) is 0 Å². The summed E-state index contributed by atoms with van der Waals surface area (Å²) in [5, 5.41) is 0. The van der Waals surface area contributed by atoms with E-state index < -0.39 is 0 Å². The van der Waals surface area contributed by atoms with Crippen molar-refractivity contribution < 1.29 is 4.74 Å². The first-order valence-corrected chi connectivity index (χ1v) is 5.00. The maximum Gasteiger partial charge on any atom is 0.0461 e. The van der Waals surface area contributed by atoms with Crippen molar-refractivity contribution >= 4 is 21.8 Å². The van der Waals surface area contributed by atoms with E-state index in [1.807, 2.05) is 0 Å². The summed E-state index contributed by atoms with van der Waals surface area (Å²) in [6, 6.07) is 0. The van der Waals surface area contributed by atoms with Crippen LogP contribution in [0.4, 0.5) is 0 Å². The van der Waals surface area contributed by atoms with E-state index in [1.54, 1.807) is 0 Å². The van der Waals surface area contributed by atoms with Crippen LogP contribution in [0, 0.1) is 0 Å². The molecule has 0 aromatic heterocycles. The van der Waals surface area contributed by atoms with E-state index in [-0.39, 0.29) is 0 Å². The Kier molecular flexibility index (Phi) is 7.90. The second-order valence-corrected chi connectivity index (χ2v) is 2.55. The molecule has 0 rings (SSSR count). The van der Waals surface area contributed by atoms with Crippen molar-refractivity contribution in [2.24, 2.45) is 0 Å². The van der Waals surface area contributed by atoms with Crippen molar-refractivity contribution in [1.29, 1.82) is 0 Å². The van der Waals surface area contributed by atoms with Gasteiger partial charge in [-0.05, 0) is 12.8 Å². The molecule has 0 aliphatic rings. The Morgan fingerprint density at radius 1 is 1.38 bits per heavy atom. The van der Waals surface area contributed by atoms with E-state index in [0.29, 0.717) is 0 Å². The third-order valence-electron chi connectivity index (χ3n) is 0.876. The zero-order valence-corrected chi connectivity index (χ0v) is 8.08. The highest BCUT2D eigenvalue weighted by Crippen LogP contribution is 1.90. The lowest BCUT2D eigenvalue weighted by atomic mass is 10.4. The van der Waals surface area contributed by atoms with Gasteiger partial charge in [-0.15, -0.1) is 11.6 Å². The van der Waals surface area contributed by atoms with Gasteiger partial charge in [0, 0.05) is 29.0 Å². The summed E-state index contributed by atoms with van der Waals surface area (Å²) in [6.45, 7) is 0.899. The molecular weight excluding hydrogens is 140 g/mol. The number of hydrogen-bond acceptors (Lipinski definition) is 1. The molecule has 0 unspecified atom stereocenters. The quantitative estimate of drug-likeness (QED) is 0.314. The molecule has 0 heterocycles. The molecule has 0 bridgehead atoms. The first-order chi connectivity index (χ1) is 3.91. The Balaban J connectivity index is 2.53. The van der Waals surface area contributed by atoms with Crippen LogP contribution in [-0.4, -0.2) is 29.0 Å². The molecule has 0 radical (unpaired) electrons. The number of rotatable bonds is 5. The fourth-order valence-electron chi connectivity index (χ4n) is 0.443. The van der Waals surface area contributed by atoms with Crippen molar-refractivity contribution in [1.82, 2.24) is 0 Å². The molecule has 0 saturated heterocycles. The molecule has 50 valence electrons. The first-order valence-electron chi connectivity index (χ1n) is 3.05. The van der Waals surface area contributed by atoms with E-state index in [0.717, 1.165) is 41.8 Å². The Morgan fingerprint density at radius 2 is 2.12 bits per heavy atom. The number of ether oxygens (including phenoxy) is 1. The predicted molar refractivity (Wildman–Crippen MR) is 40.7 cm³/mol. The molecule has 0 aliphatic carbocycles. The van der Waals surface area contributed by atoms with Crippen molar-refractivity contribution in [2.75, 3.05) is 18.7 Å². The highest BCUT2D eigenvalue weighted by Gasteiger charge is 1.83. The molecule has 0 fully saturated rings. The van der Waals surface area contributed by atoms with Crippen LogP contribution in [0.2, 0.25) is 0 Å². The zero-order valence-electron chi connectivity index (χ0n) is 5.32. The van der Waals surface area contributed by atoms with Gasteiger partial charge in [0.2, 0.25) is 0 Å². The number of hydrogen-bond donors (Lipinski definition) is 0. The molecule has 3 heteroatoms. The fraction of sp³-hybridized carbons (Fsp3) is 1.00. The van der Waals surface area contributed by atoms with E-state index in [9.17, 15) is 0 Å². The van der Waals surface area contributed by atoms with Gasteiger partial charge in [0.15, 0.2) is 0 Å². The van der Waals surface area contributed by atoms with Crippen LogP contribution in [0.25, 0.3) is 0 Å². The highest BCUT2D eigenvalue weighted by molar-refractivity contribution is 6.17. The van der Waals surface area contributed by atoms with Crippen molar-refractivity contribution in [2.45, 2.75) is 12.8 Å². The second-order valence-electron chi connectivity index (χ2n) is 1.59. The van der Waals surface area contributed by atoms with Crippen LogP contribution in [0.15, 0.2) is 0 Å². The summed E-state index contributed by atoms with van der Waals surface area (Å²) < 4.78 is 5.14. The molecule has 0 aromatic rings. The van der Waals surface area contributed by atoms with Crippen molar-refractivity contribution in [3.05, 3.63) is 0 Å². The second kappa shape index (κ2) is 7.47. The maximum absolute atomic E-state index is 5.43. The first kappa shape index (κ1) is 8.47. The smallest absolute Gasteiger partial charge is 0.0461 e. The lowest BCUT2D eigenvalue weighted by Crippen LogP contribution is -1.95. The van der Waals surface area contributed by atoms with Gasteiger partial charge in [-0.3, -0.25) is 0 Å². The minimum atomic E-state index is 0.768. The number of alkyl halides is 1. The van der Waals surface area contributed by atoms with E-state index >= 15 is 0 Å². The highest BCUT2D eigenvalue weighted by atomic mass is 35.5. The summed E-state index contributed by atoms with van der Waals surface area (Å²) in [4.78, 5) is 0. The summed E-state index contributed by atoms with van der Waals surface area (Å²) in [6.07, 6.45) is 3.16. The Hall–Kier alpha value is 0.467. The molecule has 0 aromatic carbocycles. The van der Waals surface area contributed by atoms with Gasteiger partial charge in [-0.2, -0.15) is 0 Å². The number of halogens is 1. The monoisotopic (exact) mass is 152 g/mol. The summed E-state index contributed by atoms with van der Waals surface area (Å²) in [5.74, 6) is 0.768. The summed E-state index contributed by atoms with van der Waals surface area (Å²) in [7, 11) is 1.15. The van der Waals surface area contributed by atoms with Gasteiger partial charge >= 0.3 is 0 Å². The largest absolute Gasteiger partial charge is 0.386 e. The van der Waals surface area contributed by atoms with Crippen molar-refractivity contribution in [3.63, 3.8) is 0 Å². The topological polar surface area (TPSA) is 9.23 Å². The van der Waals surface area contributed by atoms with Crippen LogP contribution >= 0.6 is 11.6 Å². The molecule has 8 heavy (non-hydrogen) atoms. The van der Waals surface area contributed by atoms with Gasteiger partial charge in [-0.1, -0.05) is 0 Å². The number of unbranched alkanes of at least 4 members (excludes halogenated alkanes) is 1. The predicted octanol–water partition coefficient (Wildman–Crippen LogP) is 0.345. The average molecular weight is 153 g/mol. The zero-order chi connectivity index (χ0) is 6.24. The van der Waals surface area contributed by atoms with Gasteiger partial charge in [0.25, 0.3) is 0 Å².